The molecule has 1 aromatic rings. The molecule has 0 aromatic heterocycles. The SMILES string of the molecule is O=C(Nc1cc(F)c(F)cc1F)C1CCCC1O. The monoisotopic (exact) mass is 259 g/mol. The van der Waals surface area contributed by atoms with Crippen molar-refractivity contribution in [2.75, 3.05) is 5.32 Å². The molecule has 98 valence electrons. The number of nitrogens with one attached hydrogen (secondary N) is 1. The Hall–Kier alpha value is -1.56. The predicted octanol–water partition coefficient (Wildman–Crippen LogP) is 2.20. The normalized spacial score (nSPS) is 23.1. The zero-order chi connectivity index (χ0) is 13.3. The topological polar surface area (TPSA) is 49.3 Å². The molecular weight excluding hydrogens is 247 g/mol. The van der Waals surface area contributed by atoms with Gasteiger partial charge in [0.15, 0.2) is 11.6 Å². The molecule has 1 aliphatic rings. The van der Waals surface area contributed by atoms with Crippen LogP contribution in [0.3, 0.4) is 0 Å². The van der Waals surface area contributed by atoms with Crippen molar-refractivity contribution in [2.45, 2.75) is 25.4 Å². The molecule has 2 unspecified atom stereocenters. The Morgan fingerprint density at radius 1 is 1.17 bits per heavy atom. The second-order valence-electron chi connectivity index (χ2n) is 4.34. The number of rotatable bonds is 2. The van der Waals surface area contributed by atoms with Crippen molar-refractivity contribution in [1.29, 1.82) is 0 Å². The van der Waals surface area contributed by atoms with Crippen LogP contribution in [0.1, 0.15) is 19.3 Å². The maximum atomic E-state index is 13.3. The first kappa shape index (κ1) is 12.9. The Balaban J connectivity index is 2.14. The molecule has 2 atom stereocenters. The maximum Gasteiger partial charge on any atom is 0.230 e. The van der Waals surface area contributed by atoms with E-state index < -0.39 is 41.1 Å². The number of hydrogen-bond donors (Lipinski definition) is 2. The molecule has 0 spiro atoms. The van der Waals surface area contributed by atoms with E-state index in [1.807, 2.05) is 0 Å². The number of carbonyl (C=O) groups is 1. The third-order valence-corrected chi connectivity index (χ3v) is 3.08. The van der Waals surface area contributed by atoms with E-state index in [0.29, 0.717) is 31.4 Å². The Kier molecular flexibility index (Phi) is 3.56. The molecule has 2 rings (SSSR count). The second-order valence-corrected chi connectivity index (χ2v) is 4.34. The number of aliphatic hydroxyl groups excluding tert-OH is 1. The first-order valence-electron chi connectivity index (χ1n) is 5.62. The average molecular weight is 259 g/mol. The number of aliphatic hydroxyl groups is 1. The van der Waals surface area contributed by atoms with Crippen molar-refractivity contribution in [3.05, 3.63) is 29.6 Å². The lowest BCUT2D eigenvalue weighted by Crippen LogP contribution is -2.29. The molecule has 18 heavy (non-hydrogen) atoms. The molecule has 1 aliphatic carbocycles. The number of anilines is 1. The zero-order valence-electron chi connectivity index (χ0n) is 9.42. The molecule has 1 fully saturated rings. The zero-order valence-corrected chi connectivity index (χ0v) is 9.42. The van der Waals surface area contributed by atoms with Crippen molar-refractivity contribution in [1.82, 2.24) is 0 Å². The summed E-state index contributed by atoms with van der Waals surface area (Å²) in [5.74, 6) is -4.80. The lowest BCUT2D eigenvalue weighted by molar-refractivity contribution is -0.122. The minimum Gasteiger partial charge on any atom is -0.392 e. The van der Waals surface area contributed by atoms with Gasteiger partial charge < -0.3 is 10.4 Å². The van der Waals surface area contributed by atoms with E-state index >= 15 is 0 Å². The van der Waals surface area contributed by atoms with Crippen LogP contribution in [0.4, 0.5) is 18.9 Å². The van der Waals surface area contributed by atoms with Crippen LogP contribution >= 0.6 is 0 Å². The van der Waals surface area contributed by atoms with Crippen molar-refractivity contribution in [3.63, 3.8) is 0 Å². The molecular formula is C12H12F3NO2. The van der Waals surface area contributed by atoms with Gasteiger partial charge in [0.05, 0.1) is 17.7 Å². The predicted molar refractivity (Wildman–Crippen MR) is 58.3 cm³/mol. The van der Waals surface area contributed by atoms with Crippen molar-refractivity contribution < 1.29 is 23.1 Å². The van der Waals surface area contributed by atoms with Crippen LogP contribution in [-0.4, -0.2) is 17.1 Å². The van der Waals surface area contributed by atoms with Gasteiger partial charge in [-0.2, -0.15) is 0 Å². The summed E-state index contributed by atoms with van der Waals surface area (Å²) in [5.41, 5.74) is -0.419. The third-order valence-electron chi connectivity index (χ3n) is 3.08. The van der Waals surface area contributed by atoms with Gasteiger partial charge in [-0.1, -0.05) is 0 Å². The van der Waals surface area contributed by atoms with Gasteiger partial charge in [0.2, 0.25) is 5.91 Å². The Morgan fingerprint density at radius 2 is 1.83 bits per heavy atom. The molecule has 1 amide bonds. The fourth-order valence-corrected chi connectivity index (χ4v) is 2.09. The van der Waals surface area contributed by atoms with E-state index in [1.54, 1.807) is 0 Å². The van der Waals surface area contributed by atoms with Gasteiger partial charge in [-0.25, -0.2) is 13.2 Å². The Bertz CT molecular complexity index is 479. The standard InChI is InChI=1S/C12H12F3NO2/c13-7-4-9(15)10(5-8(7)14)16-12(18)6-2-1-3-11(6)17/h4-6,11,17H,1-3H2,(H,16,18). The number of carbonyl (C=O) groups excluding carboxylic acids is 1. The summed E-state index contributed by atoms with van der Waals surface area (Å²) in [7, 11) is 0. The molecule has 1 aromatic carbocycles. The van der Waals surface area contributed by atoms with Crippen LogP contribution in [0.5, 0.6) is 0 Å². The lowest BCUT2D eigenvalue weighted by Gasteiger charge is -2.14. The largest absolute Gasteiger partial charge is 0.392 e. The van der Waals surface area contributed by atoms with Crippen LogP contribution in [0.15, 0.2) is 12.1 Å². The van der Waals surface area contributed by atoms with Crippen molar-refractivity contribution in [3.8, 4) is 0 Å². The third kappa shape index (κ3) is 2.48. The van der Waals surface area contributed by atoms with E-state index in [1.165, 1.54) is 0 Å². The fraction of sp³-hybridized carbons (Fsp3) is 0.417. The summed E-state index contributed by atoms with van der Waals surface area (Å²) in [6.45, 7) is 0. The van der Waals surface area contributed by atoms with Gasteiger partial charge in [0.25, 0.3) is 0 Å². The lowest BCUT2D eigenvalue weighted by atomic mass is 10.1. The number of amides is 1. The van der Waals surface area contributed by atoms with E-state index in [4.69, 9.17) is 0 Å². The fourth-order valence-electron chi connectivity index (χ4n) is 2.09. The van der Waals surface area contributed by atoms with E-state index in [9.17, 15) is 23.1 Å². The highest BCUT2D eigenvalue weighted by molar-refractivity contribution is 5.93. The van der Waals surface area contributed by atoms with Crippen LogP contribution in [0, 0.1) is 23.4 Å². The molecule has 1 saturated carbocycles. The quantitative estimate of drug-likeness (QED) is 0.800. The van der Waals surface area contributed by atoms with Gasteiger partial charge in [0.1, 0.15) is 5.82 Å². The van der Waals surface area contributed by atoms with Gasteiger partial charge in [-0.3, -0.25) is 4.79 Å². The number of hydrogen-bond acceptors (Lipinski definition) is 2. The van der Waals surface area contributed by atoms with Crippen LogP contribution in [-0.2, 0) is 4.79 Å². The molecule has 3 nitrogen and oxygen atoms in total. The minimum atomic E-state index is -1.31. The highest BCUT2D eigenvalue weighted by Crippen LogP contribution is 2.27. The Labute approximate surface area is 102 Å². The van der Waals surface area contributed by atoms with Crippen LogP contribution < -0.4 is 5.32 Å². The van der Waals surface area contributed by atoms with Gasteiger partial charge >= 0.3 is 0 Å². The summed E-state index contributed by atoms with van der Waals surface area (Å²) < 4.78 is 38.9. The first-order chi connectivity index (χ1) is 8.49. The van der Waals surface area contributed by atoms with Crippen molar-refractivity contribution >= 4 is 11.6 Å². The van der Waals surface area contributed by atoms with E-state index in [-0.39, 0.29) is 0 Å². The van der Waals surface area contributed by atoms with Crippen LogP contribution in [0.2, 0.25) is 0 Å². The molecule has 6 heteroatoms. The summed E-state index contributed by atoms with van der Waals surface area (Å²) in [6, 6.07) is 0.958. The van der Waals surface area contributed by atoms with E-state index in [2.05, 4.69) is 5.32 Å². The molecule has 0 saturated heterocycles. The maximum absolute atomic E-state index is 13.3. The van der Waals surface area contributed by atoms with E-state index in [0.717, 1.165) is 0 Å². The van der Waals surface area contributed by atoms with Crippen molar-refractivity contribution in [2.24, 2.45) is 5.92 Å². The highest BCUT2D eigenvalue weighted by atomic mass is 19.2. The number of halogens is 3. The molecule has 0 radical (unpaired) electrons. The Morgan fingerprint density at radius 3 is 2.44 bits per heavy atom. The summed E-state index contributed by atoms with van der Waals surface area (Å²) in [5, 5.41) is 11.7. The number of benzene rings is 1. The smallest absolute Gasteiger partial charge is 0.230 e. The van der Waals surface area contributed by atoms with Gasteiger partial charge in [-0.15, -0.1) is 0 Å². The van der Waals surface area contributed by atoms with Crippen LogP contribution in [0.25, 0.3) is 0 Å². The molecule has 0 bridgehead atoms. The summed E-state index contributed by atoms with van der Waals surface area (Å²) >= 11 is 0. The minimum absolute atomic E-state index is 0.371. The average Bonchev–Trinajstić information content (AvgIpc) is 2.72. The van der Waals surface area contributed by atoms with Gasteiger partial charge in [0, 0.05) is 12.1 Å². The molecule has 0 aliphatic heterocycles. The molecule has 2 N–H and O–H groups in total. The molecule has 0 heterocycles. The summed E-state index contributed by atoms with van der Waals surface area (Å²) in [6.07, 6.45) is 0.953. The highest BCUT2D eigenvalue weighted by Gasteiger charge is 2.31. The second kappa shape index (κ2) is 4.97. The first-order valence-corrected chi connectivity index (χ1v) is 5.62. The summed E-state index contributed by atoms with van der Waals surface area (Å²) in [4.78, 5) is 11.7. The van der Waals surface area contributed by atoms with Gasteiger partial charge in [-0.05, 0) is 19.3 Å².